The van der Waals surface area contributed by atoms with Crippen LogP contribution in [-0.2, 0) is 14.9 Å². The molecule has 0 amide bonds. The molecule has 0 spiro atoms. The van der Waals surface area contributed by atoms with Crippen molar-refractivity contribution in [1.82, 2.24) is 0 Å². The van der Waals surface area contributed by atoms with Gasteiger partial charge < -0.3 is 18.9 Å². The number of hydrogen-bond donors (Lipinski definition) is 0. The minimum absolute atomic E-state index is 0.428. The van der Waals surface area contributed by atoms with Crippen molar-refractivity contribution in [1.29, 1.82) is 0 Å². The number of fused-ring (bicyclic) bond motifs is 3. The first-order valence-corrected chi connectivity index (χ1v) is 17.3. The third-order valence-electron chi connectivity index (χ3n) is 10.3. The summed E-state index contributed by atoms with van der Waals surface area (Å²) in [5.41, 5.74) is 11.3. The smallest absolute Gasteiger partial charge is 0.127 e. The van der Waals surface area contributed by atoms with Gasteiger partial charge in [0, 0.05) is 23.0 Å². The zero-order valence-corrected chi connectivity index (χ0v) is 27.4. The average molecular weight is 643 g/mol. The molecule has 242 valence electrons. The fourth-order valence-electron chi connectivity index (χ4n) is 7.67. The maximum Gasteiger partial charge on any atom is 0.127 e. The predicted octanol–water partition coefficient (Wildman–Crippen LogP) is 9.43. The quantitative estimate of drug-likeness (QED) is 0.149. The zero-order chi connectivity index (χ0) is 32.6. The summed E-state index contributed by atoms with van der Waals surface area (Å²) in [4.78, 5) is 0. The molecule has 0 bridgehead atoms. The standard InChI is InChI=1S/C45H38O4/c1-3-11-33(12-4-1)39-23-35(19-21-43(39)48-29-31-25-46-26-31)45(41-17-9-7-15-37(41)38-16-8-10-18-42(38)45)36-20-22-44(49-30-32-27-47-28-32)40(24-36)34-13-5-2-6-14-34/h1-24,31-32H,25-30H2. The van der Waals surface area contributed by atoms with Crippen molar-refractivity contribution in [2.24, 2.45) is 11.8 Å². The molecule has 2 fully saturated rings. The van der Waals surface area contributed by atoms with E-state index in [0.717, 1.165) is 60.2 Å². The highest BCUT2D eigenvalue weighted by Crippen LogP contribution is 2.57. The van der Waals surface area contributed by atoms with E-state index in [1.54, 1.807) is 0 Å². The lowest BCUT2D eigenvalue weighted by Crippen LogP contribution is -2.33. The summed E-state index contributed by atoms with van der Waals surface area (Å²) in [6, 6.07) is 52.7. The highest BCUT2D eigenvalue weighted by atomic mass is 16.5. The number of hydrogen-bond acceptors (Lipinski definition) is 4. The molecule has 0 atom stereocenters. The fraction of sp³-hybridized carbons (Fsp3) is 0.200. The van der Waals surface area contributed by atoms with Crippen molar-refractivity contribution in [3.8, 4) is 44.9 Å². The topological polar surface area (TPSA) is 36.9 Å². The van der Waals surface area contributed by atoms with Gasteiger partial charge in [-0.05, 0) is 68.8 Å². The molecule has 6 aromatic rings. The largest absolute Gasteiger partial charge is 0.492 e. The third-order valence-corrected chi connectivity index (χ3v) is 10.3. The average Bonchev–Trinajstić information content (AvgIpc) is 3.42. The number of benzene rings is 6. The molecule has 2 heterocycles. The summed E-state index contributed by atoms with van der Waals surface area (Å²) >= 11 is 0. The second-order valence-corrected chi connectivity index (χ2v) is 13.4. The lowest BCUT2D eigenvalue weighted by molar-refractivity contribution is -0.0508. The summed E-state index contributed by atoms with van der Waals surface area (Å²) in [5, 5.41) is 0. The number of rotatable bonds is 10. The Morgan fingerprint density at radius 2 is 0.857 bits per heavy atom. The normalized spacial score (nSPS) is 16.2. The molecule has 9 rings (SSSR count). The molecule has 2 saturated heterocycles. The van der Waals surface area contributed by atoms with E-state index in [1.165, 1.54) is 33.4 Å². The molecule has 1 aliphatic carbocycles. The zero-order valence-electron chi connectivity index (χ0n) is 27.4. The van der Waals surface area contributed by atoms with Crippen LogP contribution < -0.4 is 9.47 Å². The van der Waals surface area contributed by atoms with Crippen LogP contribution >= 0.6 is 0 Å². The SMILES string of the molecule is c1ccc(-c2cc(C3(c4ccc(OCC5COC5)c(-c5ccccc5)c4)c4ccccc4-c4ccccc43)ccc2OCC2COC2)cc1. The Balaban J connectivity index is 1.27. The summed E-state index contributed by atoms with van der Waals surface area (Å²) in [5.74, 6) is 2.64. The molecule has 4 nitrogen and oxygen atoms in total. The highest BCUT2D eigenvalue weighted by molar-refractivity contribution is 5.88. The Kier molecular flexibility index (Phi) is 7.76. The Labute approximate surface area is 287 Å². The summed E-state index contributed by atoms with van der Waals surface area (Å²) < 4.78 is 24.0. The Hall–Kier alpha value is -5.16. The van der Waals surface area contributed by atoms with Crippen molar-refractivity contribution < 1.29 is 18.9 Å². The molecular weight excluding hydrogens is 604 g/mol. The van der Waals surface area contributed by atoms with E-state index in [0.29, 0.717) is 25.0 Å². The summed E-state index contributed by atoms with van der Waals surface area (Å²) in [7, 11) is 0. The van der Waals surface area contributed by atoms with Crippen LogP contribution in [0.1, 0.15) is 22.3 Å². The Morgan fingerprint density at radius 1 is 0.449 bits per heavy atom. The lowest BCUT2D eigenvalue weighted by atomic mass is 9.67. The second-order valence-electron chi connectivity index (χ2n) is 13.4. The first kappa shape index (κ1) is 29.9. The van der Waals surface area contributed by atoms with Gasteiger partial charge in [0.25, 0.3) is 0 Å². The van der Waals surface area contributed by atoms with Crippen molar-refractivity contribution in [3.63, 3.8) is 0 Å². The molecule has 2 aliphatic heterocycles. The van der Waals surface area contributed by atoms with Gasteiger partial charge in [-0.15, -0.1) is 0 Å². The van der Waals surface area contributed by atoms with E-state index >= 15 is 0 Å². The minimum Gasteiger partial charge on any atom is -0.492 e. The molecule has 3 aliphatic rings. The second kappa shape index (κ2) is 12.7. The van der Waals surface area contributed by atoms with Crippen molar-refractivity contribution in [2.45, 2.75) is 5.41 Å². The maximum atomic E-state index is 6.54. The molecule has 0 unspecified atom stereocenters. The summed E-state index contributed by atoms with van der Waals surface area (Å²) in [6.45, 7) is 4.32. The van der Waals surface area contributed by atoms with Gasteiger partial charge in [-0.25, -0.2) is 0 Å². The lowest BCUT2D eigenvalue weighted by Gasteiger charge is -2.35. The van der Waals surface area contributed by atoms with Crippen LogP contribution in [0.2, 0.25) is 0 Å². The van der Waals surface area contributed by atoms with Gasteiger partial charge in [0.05, 0.1) is 45.1 Å². The van der Waals surface area contributed by atoms with E-state index < -0.39 is 5.41 Å². The number of ether oxygens (including phenoxy) is 4. The predicted molar refractivity (Wildman–Crippen MR) is 194 cm³/mol. The summed E-state index contributed by atoms with van der Waals surface area (Å²) in [6.07, 6.45) is 0. The first-order chi connectivity index (χ1) is 24.3. The van der Waals surface area contributed by atoms with Crippen molar-refractivity contribution in [3.05, 3.63) is 168 Å². The van der Waals surface area contributed by atoms with Gasteiger partial charge in [-0.2, -0.15) is 0 Å². The van der Waals surface area contributed by atoms with Crippen LogP contribution in [0, 0.1) is 11.8 Å². The van der Waals surface area contributed by atoms with Crippen LogP contribution in [0.25, 0.3) is 33.4 Å². The van der Waals surface area contributed by atoms with E-state index in [-0.39, 0.29) is 0 Å². The minimum atomic E-state index is -0.582. The third kappa shape index (κ3) is 5.23. The van der Waals surface area contributed by atoms with E-state index in [4.69, 9.17) is 18.9 Å². The Morgan fingerprint density at radius 3 is 1.27 bits per heavy atom. The molecule has 0 radical (unpaired) electrons. The fourth-order valence-corrected chi connectivity index (χ4v) is 7.67. The molecular formula is C45H38O4. The molecule has 6 aromatic carbocycles. The van der Waals surface area contributed by atoms with Crippen LogP contribution in [0.15, 0.2) is 146 Å². The molecule has 4 heteroatoms. The van der Waals surface area contributed by atoms with Gasteiger partial charge in [0.1, 0.15) is 11.5 Å². The van der Waals surface area contributed by atoms with Crippen LogP contribution in [0.4, 0.5) is 0 Å². The van der Waals surface area contributed by atoms with E-state index in [2.05, 4.69) is 146 Å². The monoisotopic (exact) mass is 642 g/mol. The molecule has 0 N–H and O–H groups in total. The van der Waals surface area contributed by atoms with Gasteiger partial charge in [-0.1, -0.05) is 121 Å². The van der Waals surface area contributed by atoms with E-state index in [9.17, 15) is 0 Å². The van der Waals surface area contributed by atoms with Gasteiger partial charge >= 0.3 is 0 Å². The van der Waals surface area contributed by atoms with E-state index in [1.807, 2.05) is 0 Å². The highest BCUT2D eigenvalue weighted by Gasteiger charge is 2.46. The van der Waals surface area contributed by atoms with Crippen molar-refractivity contribution >= 4 is 0 Å². The van der Waals surface area contributed by atoms with Crippen LogP contribution in [-0.4, -0.2) is 39.6 Å². The molecule has 49 heavy (non-hydrogen) atoms. The molecule has 0 aromatic heterocycles. The van der Waals surface area contributed by atoms with Crippen LogP contribution in [0.5, 0.6) is 11.5 Å². The molecule has 0 saturated carbocycles. The van der Waals surface area contributed by atoms with Gasteiger partial charge in [0.2, 0.25) is 0 Å². The Bertz CT molecular complexity index is 1940. The van der Waals surface area contributed by atoms with Gasteiger partial charge in [-0.3, -0.25) is 0 Å². The first-order valence-electron chi connectivity index (χ1n) is 17.3. The van der Waals surface area contributed by atoms with Crippen LogP contribution in [0.3, 0.4) is 0 Å². The van der Waals surface area contributed by atoms with Crippen molar-refractivity contribution in [2.75, 3.05) is 39.6 Å². The van der Waals surface area contributed by atoms with Gasteiger partial charge in [0.15, 0.2) is 0 Å². The maximum absolute atomic E-state index is 6.54.